The molecule has 0 N–H and O–H groups in total. The fourth-order valence-electron chi connectivity index (χ4n) is 2.09. The molecule has 0 aliphatic rings. The zero-order valence-corrected chi connectivity index (χ0v) is 12.3. The summed E-state index contributed by atoms with van der Waals surface area (Å²) in [5.41, 5.74) is 1.06. The van der Waals surface area contributed by atoms with E-state index in [1.165, 1.54) is 6.39 Å². The topological polar surface area (TPSA) is 70.2 Å². The Morgan fingerprint density at radius 3 is 2.95 bits per heavy atom. The van der Waals surface area contributed by atoms with Crippen molar-refractivity contribution in [3.05, 3.63) is 60.8 Å². The van der Waals surface area contributed by atoms with Crippen LogP contribution in [0.1, 0.15) is 36.0 Å². The van der Waals surface area contributed by atoms with Gasteiger partial charge in [0, 0.05) is 24.4 Å². The minimum Gasteiger partial charge on any atom is -0.447 e. The van der Waals surface area contributed by atoms with Crippen molar-refractivity contribution < 1.29 is 13.9 Å². The average Bonchev–Trinajstić information content (AvgIpc) is 3.19. The van der Waals surface area contributed by atoms with E-state index in [1.807, 2.05) is 36.7 Å². The largest absolute Gasteiger partial charge is 0.447 e. The maximum Gasteiger partial charge on any atom is 0.366 e. The first-order valence-corrected chi connectivity index (χ1v) is 6.89. The SMILES string of the molecule is CC(C)c1ocnc1C(=O)Oc1cccc(-n2ccnc2)c1. The molecule has 0 aliphatic carbocycles. The molecule has 0 unspecified atom stereocenters. The summed E-state index contributed by atoms with van der Waals surface area (Å²) in [4.78, 5) is 20.2. The monoisotopic (exact) mass is 297 g/mol. The van der Waals surface area contributed by atoms with E-state index in [1.54, 1.807) is 24.7 Å². The fourth-order valence-corrected chi connectivity index (χ4v) is 2.09. The Labute approximate surface area is 127 Å². The van der Waals surface area contributed by atoms with Gasteiger partial charge in [0.25, 0.3) is 0 Å². The molecule has 0 saturated carbocycles. The highest BCUT2D eigenvalue weighted by molar-refractivity contribution is 5.90. The normalized spacial score (nSPS) is 10.9. The van der Waals surface area contributed by atoms with E-state index < -0.39 is 5.97 Å². The molecule has 2 aromatic heterocycles. The number of carbonyl (C=O) groups is 1. The fraction of sp³-hybridized carbons (Fsp3) is 0.188. The molecular formula is C16H15N3O3. The molecule has 0 bridgehead atoms. The number of benzene rings is 1. The highest BCUT2D eigenvalue weighted by Crippen LogP contribution is 2.21. The van der Waals surface area contributed by atoms with E-state index in [0.29, 0.717) is 11.5 Å². The molecule has 0 aliphatic heterocycles. The zero-order chi connectivity index (χ0) is 15.5. The number of rotatable bonds is 4. The van der Waals surface area contributed by atoms with Gasteiger partial charge in [0.05, 0.1) is 12.0 Å². The van der Waals surface area contributed by atoms with Crippen LogP contribution < -0.4 is 4.74 Å². The molecule has 0 spiro atoms. The third-order valence-electron chi connectivity index (χ3n) is 3.14. The predicted molar refractivity (Wildman–Crippen MR) is 79.1 cm³/mol. The van der Waals surface area contributed by atoms with Crippen molar-refractivity contribution in [3.63, 3.8) is 0 Å². The number of nitrogens with zero attached hydrogens (tertiary/aromatic N) is 3. The minimum atomic E-state index is -0.528. The van der Waals surface area contributed by atoms with E-state index in [4.69, 9.17) is 9.15 Å². The van der Waals surface area contributed by atoms with Crippen LogP contribution in [-0.2, 0) is 0 Å². The lowest BCUT2D eigenvalue weighted by Gasteiger charge is -2.07. The standard InChI is InChI=1S/C16H15N3O3/c1-11(2)15-14(18-10-21-15)16(20)22-13-5-3-4-12(8-13)19-7-6-17-9-19/h3-11H,1-2H3. The average molecular weight is 297 g/mol. The Balaban J connectivity index is 1.83. The van der Waals surface area contributed by atoms with Gasteiger partial charge in [-0.2, -0.15) is 0 Å². The number of oxazole rings is 1. The molecule has 0 amide bonds. The molecule has 0 radical (unpaired) electrons. The summed E-state index contributed by atoms with van der Waals surface area (Å²) in [6, 6.07) is 7.18. The highest BCUT2D eigenvalue weighted by Gasteiger charge is 2.21. The summed E-state index contributed by atoms with van der Waals surface area (Å²) in [5.74, 6) is 0.493. The summed E-state index contributed by atoms with van der Waals surface area (Å²) in [6.45, 7) is 3.86. The molecular weight excluding hydrogens is 282 g/mol. The number of esters is 1. The van der Waals surface area contributed by atoms with Gasteiger partial charge >= 0.3 is 5.97 Å². The summed E-state index contributed by atoms with van der Waals surface area (Å²) >= 11 is 0. The van der Waals surface area contributed by atoms with Crippen molar-refractivity contribution in [1.82, 2.24) is 14.5 Å². The number of imidazole rings is 1. The second-order valence-electron chi connectivity index (χ2n) is 5.08. The lowest BCUT2D eigenvalue weighted by Crippen LogP contribution is -2.12. The van der Waals surface area contributed by atoms with Crippen molar-refractivity contribution in [2.24, 2.45) is 0 Å². The molecule has 0 atom stereocenters. The summed E-state index contributed by atoms with van der Waals surface area (Å²) in [6.07, 6.45) is 6.43. The van der Waals surface area contributed by atoms with Crippen LogP contribution in [0.15, 0.2) is 53.8 Å². The van der Waals surface area contributed by atoms with Crippen molar-refractivity contribution in [2.45, 2.75) is 19.8 Å². The second-order valence-corrected chi connectivity index (χ2v) is 5.08. The first-order valence-electron chi connectivity index (χ1n) is 6.89. The molecule has 6 heteroatoms. The van der Waals surface area contributed by atoms with Crippen LogP contribution in [-0.4, -0.2) is 20.5 Å². The van der Waals surface area contributed by atoms with Gasteiger partial charge in [-0.05, 0) is 12.1 Å². The van der Waals surface area contributed by atoms with E-state index in [9.17, 15) is 4.79 Å². The highest BCUT2D eigenvalue weighted by atomic mass is 16.5. The summed E-state index contributed by atoms with van der Waals surface area (Å²) in [7, 11) is 0. The summed E-state index contributed by atoms with van der Waals surface area (Å²) < 4.78 is 12.5. The van der Waals surface area contributed by atoms with Crippen LogP contribution in [0.3, 0.4) is 0 Å². The predicted octanol–water partition coefficient (Wildman–Crippen LogP) is 3.20. The molecule has 1 aromatic carbocycles. The quantitative estimate of drug-likeness (QED) is 0.546. The van der Waals surface area contributed by atoms with Gasteiger partial charge in [-0.25, -0.2) is 14.8 Å². The maximum atomic E-state index is 12.2. The Kier molecular flexibility index (Phi) is 3.74. The lowest BCUT2D eigenvalue weighted by molar-refractivity contribution is 0.0726. The van der Waals surface area contributed by atoms with Crippen LogP contribution in [0.2, 0.25) is 0 Å². The number of hydrogen-bond donors (Lipinski definition) is 0. The van der Waals surface area contributed by atoms with Gasteiger partial charge in [-0.3, -0.25) is 0 Å². The number of aromatic nitrogens is 3. The third kappa shape index (κ3) is 2.76. The smallest absolute Gasteiger partial charge is 0.366 e. The molecule has 3 aromatic rings. The lowest BCUT2D eigenvalue weighted by atomic mass is 10.1. The van der Waals surface area contributed by atoms with Gasteiger partial charge in [-0.15, -0.1) is 0 Å². The maximum absolute atomic E-state index is 12.2. The Hall–Kier alpha value is -2.89. The molecule has 2 heterocycles. The zero-order valence-electron chi connectivity index (χ0n) is 12.3. The number of ether oxygens (including phenoxy) is 1. The van der Waals surface area contributed by atoms with E-state index in [0.717, 1.165) is 5.69 Å². The van der Waals surface area contributed by atoms with Crippen LogP contribution in [0, 0.1) is 0 Å². The third-order valence-corrected chi connectivity index (χ3v) is 3.14. The molecule has 6 nitrogen and oxygen atoms in total. The minimum absolute atomic E-state index is 0.0577. The van der Waals surface area contributed by atoms with Crippen LogP contribution in [0.4, 0.5) is 0 Å². The van der Waals surface area contributed by atoms with Crippen LogP contribution >= 0.6 is 0 Å². The van der Waals surface area contributed by atoms with E-state index >= 15 is 0 Å². The van der Waals surface area contributed by atoms with E-state index in [2.05, 4.69) is 9.97 Å². The molecule has 0 saturated heterocycles. The van der Waals surface area contributed by atoms with Crippen molar-refractivity contribution in [3.8, 4) is 11.4 Å². The first-order chi connectivity index (χ1) is 10.6. The molecule has 22 heavy (non-hydrogen) atoms. The van der Waals surface area contributed by atoms with Gasteiger partial charge in [0.1, 0.15) is 11.5 Å². The van der Waals surface area contributed by atoms with Gasteiger partial charge < -0.3 is 13.7 Å². The molecule has 3 rings (SSSR count). The van der Waals surface area contributed by atoms with Crippen LogP contribution in [0.5, 0.6) is 5.75 Å². The Morgan fingerprint density at radius 2 is 2.23 bits per heavy atom. The molecule has 112 valence electrons. The Bertz CT molecular complexity index is 776. The van der Waals surface area contributed by atoms with E-state index in [-0.39, 0.29) is 11.6 Å². The molecule has 0 fully saturated rings. The summed E-state index contributed by atoms with van der Waals surface area (Å²) in [5, 5.41) is 0. The van der Waals surface area contributed by atoms with Gasteiger partial charge in [0.2, 0.25) is 0 Å². The first kappa shape index (κ1) is 14.1. The van der Waals surface area contributed by atoms with Crippen molar-refractivity contribution in [2.75, 3.05) is 0 Å². The van der Waals surface area contributed by atoms with Crippen molar-refractivity contribution in [1.29, 1.82) is 0 Å². The van der Waals surface area contributed by atoms with Gasteiger partial charge in [0.15, 0.2) is 12.1 Å². The number of hydrogen-bond acceptors (Lipinski definition) is 5. The van der Waals surface area contributed by atoms with Crippen LogP contribution in [0.25, 0.3) is 5.69 Å². The van der Waals surface area contributed by atoms with Crippen molar-refractivity contribution >= 4 is 5.97 Å². The number of carbonyl (C=O) groups excluding carboxylic acids is 1. The van der Waals surface area contributed by atoms with Gasteiger partial charge in [-0.1, -0.05) is 19.9 Å². The second kappa shape index (κ2) is 5.85. The Morgan fingerprint density at radius 1 is 1.36 bits per heavy atom.